The highest BCUT2D eigenvalue weighted by Crippen LogP contribution is 2.35. The largest absolute Gasteiger partial charge is 0.433 e. The number of primary sulfonamides is 1. The maximum atomic E-state index is 13.6. The molecule has 0 aliphatic heterocycles. The maximum Gasteiger partial charge on any atom is 0.433 e. The van der Waals surface area contributed by atoms with Crippen LogP contribution in [0.2, 0.25) is 0 Å². The van der Waals surface area contributed by atoms with E-state index >= 15 is 0 Å². The summed E-state index contributed by atoms with van der Waals surface area (Å²) in [5, 5.41) is 5.06. The van der Waals surface area contributed by atoms with Crippen molar-refractivity contribution >= 4 is 10.0 Å². The smallest absolute Gasteiger partial charge is 0.274 e. The molecule has 0 bridgehead atoms. The zero-order valence-electron chi connectivity index (χ0n) is 18.1. The van der Waals surface area contributed by atoms with Crippen molar-refractivity contribution in [1.29, 1.82) is 0 Å². The van der Waals surface area contributed by atoms with Gasteiger partial charge in [0.15, 0.2) is 5.69 Å². The summed E-state index contributed by atoms with van der Waals surface area (Å²) in [4.78, 5) is 11.6. The van der Waals surface area contributed by atoms with E-state index in [1.54, 1.807) is 0 Å². The van der Waals surface area contributed by atoms with Gasteiger partial charge in [0.05, 0.1) is 21.8 Å². The molecule has 0 aliphatic carbocycles. The Bertz CT molecular complexity index is 1540. The summed E-state index contributed by atoms with van der Waals surface area (Å²) >= 11 is 0. The number of benzene rings is 2. The Hall–Kier alpha value is -3.78. The molecule has 4 rings (SSSR count). The van der Waals surface area contributed by atoms with Gasteiger partial charge < -0.3 is 0 Å². The third-order valence-corrected chi connectivity index (χ3v) is 6.05. The zero-order chi connectivity index (χ0) is 26.5. The second-order valence-corrected chi connectivity index (χ2v) is 9.26. The van der Waals surface area contributed by atoms with E-state index in [0.29, 0.717) is 11.6 Å². The first kappa shape index (κ1) is 25.3. The van der Waals surface area contributed by atoms with Crippen molar-refractivity contribution in [3.05, 3.63) is 77.9 Å². The van der Waals surface area contributed by atoms with Crippen molar-refractivity contribution in [3.8, 4) is 28.5 Å². The van der Waals surface area contributed by atoms with E-state index < -0.39 is 39.6 Å². The molecule has 0 saturated heterocycles. The summed E-state index contributed by atoms with van der Waals surface area (Å²) < 4.78 is 104. The average Bonchev–Trinajstić information content (AvgIpc) is 3.27. The van der Waals surface area contributed by atoms with Crippen LogP contribution in [0.3, 0.4) is 0 Å². The van der Waals surface area contributed by atoms with Crippen LogP contribution in [-0.2, 0) is 22.4 Å². The van der Waals surface area contributed by atoms with Crippen molar-refractivity contribution in [2.24, 2.45) is 5.14 Å². The second-order valence-electron chi connectivity index (χ2n) is 7.70. The summed E-state index contributed by atoms with van der Waals surface area (Å²) in [5.41, 5.74) is -1.89. The van der Waals surface area contributed by atoms with E-state index in [2.05, 4.69) is 15.0 Å². The highest BCUT2D eigenvalue weighted by Gasteiger charge is 2.35. The molecule has 2 aromatic carbocycles. The number of rotatable bonds is 4. The van der Waals surface area contributed by atoms with Gasteiger partial charge in [0.25, 0.3) is 0 Å². The lowest BCUT2D eigenvalue weighted by Crippen LogP contribution is -2.12. The number of nitrogens with two attached hydrogens (primary N) is 1. The van der Waals surface area contributed by atoms with Gasteiger partial charge in [-0.05, 0) is 42.8 Å². The first-order valence-corrected chi connectivity index (χ1v) is 11.5. The van der Waals surface area contributed by atoms with Crippen molar-refractivity contribution in [2.75, 3.05) is 0 Å². The van der Waals surface area contributed by atoms with Gasteiger partial charge in [0.1, 0.15) is 6.33 Å². The predicted octanol–water partition coefficient (Wildman–Crippen LogP) is 4.99. The molecule has 14 heteroatoms. The average molecular weight is 527 g/mol. The van der Waals surface area contributed by atoms with Crippen molar-refractivity contribution in [1.82, 2.24) is 19.5 Å². The lowest BCUT2D eigenvalue weighted by atomic mass is 10.0. The molecule has 0 saturated carbocycles. The van der Waals surface area contributed by atoms with Gasteiger partial charge in [-0.15, -0.1) is 0 Å². The number of hydrogen-bond acceptors (Lipinski definition) is 5. The number of halogens is 6. The molecule has 7 nitrogen and oxygen atoms in total. The van der Waals surface area contributed by atoms with Crippen molar-refractivity contribution in [3.63, 3.8) is 0 Å². The second kappa shape index (κ2) is 8.71. The molecular weight excluding hydrogens is 512 g/mol. The Morgan fingerprint density at radius 2 is 1.47 bits per heavy atom. The molecule has 0 fully saturated rings. The first-order chi connectivity index (χ1) is 16.6. The van der Waals surface area contributed by atoms with Crippen molar-refractivity contribution < 1.29 is 34.8 Å². The molecule has 0 spiro atoms. The fraction of sp³-hybridized carbons (Fsp3) is 0.136. The molecule has 0 radical (unpaired) electrons. The van der Waals surface area contributed by atoms with E-state index in [1.165, 1.54) is 37.4 Å². The SMILES string of the molecule is Cc1cc(-c2cc(C(F)(F)F)nc(-n3cnc(-c4ccc(S(N)(=O)=O)cc4)c3)n2)ccc1C(F)(F)F. The highest BCUT2D eigenvalue weighted by atomic mass is 32.2. The Morgan fingerprint density at radius 1 is 0.833 bits per heavy atom. The molecule has 0 atom stereocenters. The summed E-state index contributed by atoms with van der Waals surface area (Å²) in [5.74, 6) is -0.419. The summed E-state index contributed by atoms with van der Waals surface area (Å²) in [6, 6.07) is 8.88. The molecule has 2 heterocycles. The van der Waals surface area contributed by atoms with Crippen LogP contribution < -0.4 is 5.14 Å². The van der Waals surface area contributed by atoms with E-state index in [4.69, 9.17) is 5.14 Å². The summed E-state index contributed by atoms with van der Waals surface area (Å²) in [6.07, 6.45) is -7.00. The quantitative estimate of drug-likeness (QED) is 0.377. The van der Waals surface area contributed by atoms with Crippen LogP contribution in [0, 0.1) is 6.92 Å². The number of aromatic nitrogens is 4. The monoisotopic (exact) mass is 527 g/mol. The number of imidazole rings is 1. The predicted molar refractivity (Wildman–Crippen MR) is 116 cm³/mol. The zero-order valence-corrected chi connectivity index (χ0v) is 18.9. The lowest BCUT2D eigenvalue weighted by Gasteiger charge is -2.13. The van der Waals surface area contributed by atoms with E-state index in [1.807, 2.05) is 0 Å². The minimum absolute atomic E-state index is 0.0357. The summed E-state index contributed by atoms with van der Waals surface area (Å²) in [6.45, 7) is 1.20. The Morgan fingerprint density at radius 3 is 2.03 bits per heavy atom. The molecule has 36 heavy (non-hydrogen) atoms. The van der Waals surface area contributed by atoms with Crippen LogP contribution in [0.4, 0.5) is 26.3 Å². The van der Waals surface area contributed by atoms with Crippen LogP contribution in [-0.4, -0.2) is 27.9 Å². The topological polar surface area (TPSA) is 104 Å². The summed E-state index contributed by atoms with van der Waals surface area (Å²) in [7, 11) is -3.92. The molecule has 0 unspecified atom stereocenters. The van der Waals surface area contributed by atoms with E-state index in [0.717, 1.165) is 29.1 Å². The van der Waals surface area contributed by atoms with Gasteiger partial charge in [0.2, 0.25) is 16.0 Å². The van der Waals surface area contributed by atoms with Crippen LogP contribution in [0.1, 0.15) is 16.8 Å². The minimum atomic E-state index is -4.86. The normalized spacial score (nSPS) is 12.7. The third-order valence-electron chi connectivity index (χ3n) is 5.12. The molecule has 0 amide bonds. The van der Waals surface area contributed by atoms with Gasteiger partial charge in [-0.2, -0.15) is 26.3 Å². The Labute approximate surface area is 200 Å². The maximum absolute atomic E-state index is 13.6. The Kier molecular flexibility index (Phi) is 6.12. The van der Waals surface area contributed by atoms with Crippen molar-refractivity contribution in [2.45, 2.75) is 24.2 Å². The van der Waals surface area contributed by atoms with Gasteiger partial charge >= 0.3 is 12.4 Å². The molecular formula is C22H15F6N5O2S. The molecule has 2 N–H and O–H groups in total. The minimum Gasteiger partial charge on any atom is -0.274 e. The van der Waals surface area contributed by atoms with Gasteiger partial charge in [-0.1, -0.05) is 18.2 Å². The first-order valence-electron chi connectivity index (χ1n) is 9.95. The van der Waals surface area contributed by atoms with Gasteiger partial charge in [-0.3, -0.25) is 4.57 Å². The number of hydrogen-bond donors (Lipinski definition) is 1. The molecule has 0 aliphatic rings. The fourth-order valence-electron chi connectivity index (χ4n) is 3.38. The van der Waals surface area contributed by atoms with E-state index in [9.17, 15) is 34.8 Å². The van der Waals surface area contributed by atoms with Crippen LogP contribution in [0.25, 0.3) is 28.5 Å². The Balaban J connectivity index is 1.77. The number of nitrogens with zero attached hydrogens (tertiary/aromatic N) is 4. The van der Waals surface area contributed by atoms with E-state index in [-0.39, 0.29) is 27.4 Å². The standard InChI is InChI=1S/C22H15F6N5O2S/c1-12-8-14(4-7-16(12)21(23,24)25)17-9-19(22(26,27)28)32-20(31-17)33-10-18(30-11-33)13-2-5-15(6-3-13)36(29,34)35/h2-11H,1H3,(H2,29,34,35). The number of sulfonamides is 1. The van der Waals surface area contributed by atoms with Crippen LogP contribution in [0.5, 0.6) is 0 Å². The van der Waals surface area contributed by atoms with Gasteiger partial charge in [0, 0.05) is 17.3 Å². The molecule has 188 valence electrons. The van der Waals surface area contributed by atoms with Gasteiger partial charge in [-0.25, -0.2) is 28.5 Å². The highest BCUT2D eigenvalue weighted by molar-refractivity contribution is 7.89. The third kappa shape index (κ3) is 5.23. The molecule has 2 aromatic heterocycles. The molecule has 4 aromatic rings. The number of alkyl halides is 6. The van der Waals surface area contributed by atoms with Crippen LogP contribution in [0.15, 0.2) is 66.0 Å². The number of aryl methyl sites for hydroxylation is 1. The van der Waals surface area contributed by atoms with Crippen LogP contribution >= 0.6 is 0 Å². The fourth-order valence-corrected chi connectivity index (χ4v) is 3.90. The lowest BCUT2D eigenvalue weighted by molar-refractivity contribution is -0.141.